The van der Waals surface area contributed by atoms with E-state index >= 15 is 0 Å². The van der Waals surface area contributed by atoms with Gasteiger partial charge in [-0.25, -0.2) is 0 Å². The molecule has 0 aliphatic carbocycles. The van der Waals surface area contributed by atoms with Crippen molar-refractivity contribution < 1.29 is 4.79 Å². The highest BCUT2D eigenvalue weighted by Crippen LogP contribution is 2.17. The van der Waals surface area contributed by atoms with E-state index in [1.807, 2.05) is 19.1 Å². The van der Waals surface area contributed by atoms with E-state index in [0.717, 1.165) is 19.4 Å². The summed E-state index contributed by atoms with van der Waals surface area (Å²) >= 11 is 6.01. The maximum absolute atomic E-state index is 12.2. The molecule has 0 aromatic heterocycles. The average molecular weight is 255 g/mol. The molecule has 1 rings (SSSR count). The minimum atomic E-state index is -0.00452. The van der Waals surface area contributed by atoms with Gasteiger partial charge in [0, 0.05) is 13.1 Å². The van der Waals surface area contributed by atoms with E-state index in [4.69, 9.17) is 17.3 Å². The van der Waals surface area contributed by atoms with Crippen LogP contribution in [0.2, 0.25) is 5.02 Å². The van der Waals surface area contributed by atoms with E-state index in [0.29, 0.717) is 23.7 Å². The van der Waals surface area contributed by atoms with Crippen molar-refractivity contribution in [2.75, 3.05) is 19.6 Å². The van der Waals surface area contributed by atoms with Crippen molar-refractivity contribution in [2.24, 2.45) is 5.73 Å². The van der Waals surface area contributed by atoms with Gasteiger partial charge in [0.1, 0.15) is 0 Å². The largest absolute Gasteiger partial charge is 0.339 e. The van der Waals surface area contributed by atoms with Crippen LogP contribution in [-0.4, -0.2) is 30.4 Å². The summed E-state index contributed by atoms with van der Waals surface area (Å²) in [7, 11) is 0. The lowest BCUT2D eigenvalue weighted by molar-refractivity contribution is 0.0762. The van der Waals surface area contributed by atoms with E-state index in [9.17, 15) is 4.79 Å². The van der Waals surface area contributed by atoms with Crippen LogP contribution in [0.1, 0.15) is 30.1 Å². The Morgan fingerprint density at radius 1 is 1.35 bits per heavy atom. The smallest absolute Gasteiger partial charge is 0.255 e. The lowest BCUT2D eigenvalue weighted by Crippen LogP contribution is -2.32. The number of hydrogen-bond acceptors (Lipinski definition) is 2. The standard InChI is InChI=1S/C13H19ClN2O/c1-2-16(10-6-5-9-15)13(17)11-7-3-4-8-12(11)14/h3-4,7-8H,2,5-6,9-10,15H2,1H3. The molecule has 0 radical (unpaired) electrons. The van der Waals surface area contributed by atoms with Gasteiger partial charge >= 0.3 is 0 Å². The molecule has 0 fully saturated rings. The van der Waals surface area contributed by atoms with Crippen LogP contribution in [-0.2, 0) is 0 Å². The van der Waals surface area contributed by atoms with Crippen molar-refractivity contribution in [1.82, 2.24) is 4.90 Å². The van der Waals surface area contributed by atoms with Gasteiger partial charge in [0.25, 0.3) is 5.91 Å². The van der Waals surface area contributed by atoms with Crippen molar-refractivity contribution in [3.05, 3.63) is 34.9 Å². The molecule has 0 saturated heterocycles. The van der Waals surface area contributed by atoms with Crippen LogP contribution in [0, 0.1) is 0 Å². The molecule has 1 aromatic rings. The van der Waals surface area contributed by atoms with E-state index in [-0.39, 0.29) is 5.91 Å². The second kappa shape index (κ2) is 7.30. The molecule has 0 aliphatic heterocycles. The Morgan fingerprint density at radius 2 is 2.06 bits per heavy atom. The van der Waals surface area contributed by atoms with Crippen LogP contribution >= 0.6 is 11.6 Å². The van der Waals surface area contributed by atoms with Crippen LogP contribution in [0.15, 0.2) is 24.3 Å². The third-order valence-electron chi connectivity index (χ3n) is 2.66. The molecule has 2 N–H and O–H groups in total. The number of unbranched alkanes of at least 4 members (excludes halogenated alkanes) is 1. The van der Waals surface area contributed by atoms with Gasteiger partial charge < -0.3 is 10.6 Å². The fraction of sp³-hybridized carbons (Fsp3) is 0.462. The maximum Gasteiger partial charge on any atom is 0.255 e. The minimum absolute atomic E-state index is 0.00452. The van der Waals surface area contributed by atoms with Crippen molar-refractivity contribution in [3.63, 3.8) is 0 Å². The number of carbonyl (C=O) groups excluding carboxylic acids is 1. The van der Waals surface area contributed by atoms with Gasteiger partial charge in [-0.15, -0.1) is 0 Å². The number of nitrogens with zero attached hydrogens (tertiary/aromatic N) is 1. The highest BCUT2D eigenvalue weighted by molar-refractivity contribution is 6.33. The number of amides is 1. The molecule has 17 heavy (non-hydrogen) atoms. The lowest BCUT2D eigenvalue weighted by Gasteiger charge is -2.21. The predicted octanol–water partition coefficient (Wildman–Crippen LogP) is 2.54. The molecule has 3 nitrogen and oxygen atoms in total. The van der Waals surface area contributed by atoms with E-state index < -0.39 is 0 Å². The zero-order chi connectivity index (χ0) is 12.7. The summed E-state index contributed by atoms with van der Waals surface area (Å²) in [4.78, 5) is 14.0. The molecule has 0 spiro atoms. The normalized spacial score (nSPS) is 10.3. The molecule has 0 bridgehead atoms. The fourth-order valence-corrected chi connectivity index (χ4v) is 1.87. The first kappa shape index (κ1) is 14.0. The first-order valence-electron chi connectivity index (χ1n) is 5.94. The number of benzene rings is 1. The van der Waals surface area contributed by atoms with E-state index in [1.165, 1.54) is 0 Å². The van der Waals surface area contributed by atoms with E-state index in [1.54, 1.807) is 17.0 Å². The number of hydrogen-bond donors (Lipinski definition) is 1. The summed E-state index contributed by atoms with van der Waals surface area (Å²) < 4.78 is 0. The average Bonchev–Trinajstić information content (AvgIpc) is 2.35. The zero-order valence-corrected chi connectivity index (χ0v) is 10.9. The van der Waals surface area contributed by atoms with Gasteiger partial charge in [0.15, 0.2) is 0 Å². The Balaban J connectivity index is 2.69. The Bertz CT molecular complexity index is 368. The minimum Gasteiger partial charge on any atom is -0.339 e. The van der Waals surface area contributed by atoms with Crippen LogP contribution in [0.4, 0.5) is 0 Å². The molecule has 0 saturated carbocycles. The van der Waals surface area contributed by atoms with Gasteiger partial charge in [-0.05, 0) is 38.4 Å². The molecule has 1 amide bonds. The molecule has 0 atom stereocenters. The van der Waals surface area contributed by atoms with E-state index in [2.05, 4.69) is 0 Å². The van der Waals surface area contributed by atoms with Gasteiger partial charge in [-0.1, -0.05) is 23.7 Å². The number of nitrogens with two attached hydrogens (primary N) is 1. The summed E-state index contributed by atoms with van der Waals surface area (Å²) in [5, 5.41) is 0.509. The molecule has 0 heterocycles. The van der Waals surface area contributed by atoms with Crippen LogP contribution < -0.4 is 5.73 Å². The summed E-state index contributed by atoms with van der Waals surface area (Å²) in [6.07, 6.45) is 1.87. The van der Waals surface area contributed by atoms with Gasteiger partial charge in [0.05, 0.1) is 10.6 Å². The quantitative estimate of drug-likeness (QED) is 0.793. The topological polar surface area (TPSA) is 46.3 Å². The highest BCUT2D eigenvalue weighted by atomic mass is 35.5. The molecule has 4 heteroatoms. The third-order valence-corrected chi connectivity index (χ3v) is 2.98. The highest BCUT2D eigenvalue weighted by Gasteiger charge is 2.15. The summed E-state index contributed by atoms with van der Waals surface area (Å²) in [6, 6.07) is 7.15. The van der Waals surface area contributed by atoms with Gasteiger partial charge in [-0.2, -0.15) is 0 Å². The Hall–Kier alpha value is -1.06. The fourth-order valence-electron chi connectivity index (χ4n) is 1.66. The summed E-state index contributed by atoms with van der Waals surface area (Å²) in [6.45, 7) is 4.06. The number of carbonyl (C=O) groups is 1. The Kier molecular flexibility index (Phi) is 6.01. The summed E-state index contributed by atoms with van der Waals surface area (Å²) in [5.41, 5.74) is 6.02. The molecular formula is C13H19ClN2O. The first-order valence-corrected chi connectivity index (χ1v) is 6.32. The van der Waals surface area contributed by atoms with Crippen LogP contribution in [0.5, 0.6) is 0 Å². The Morgan fingerprint density at radius 3 is 2.65 bits per heavy atom. The SMILES string of the molecule is CCN(CCCCN)C(=O)c1ccccc1Cl. The maximum atomic E-state index is 12.2. The zero-order valence-electron chi connectivity index (χ0n) is 10.2. The molecule has 0 unspecified atom stereocenters. The number of halogens is 1. The van der Waals surface area contributed by atoms with Crippen molar-refractivity contribution in [3.8, 4) is 0 Å². The summed E-state index contributed by atoms with van der Waals surface area (Å²) in [5.74, 6) is -0.00452. The van der Waals surface area contributed by atoms with Crippen molar-refractivity contribution >= 4 is 17.5 Å². The monoisotopic (exact) mass is 254 g/mol. The molecular weight excluding hydrogens is 236 g/mol. The van der Waals surface area contributed by atoms with Crippen molar-refractivity contribution in [2.45, 2.75) is 19.8 Å². The van der Waals surface area contributed by atoms with Crippen molar-refractivity contribution in [1.29, 1.82) is 0 Å². The molecule has 1 aromatic carbocycles. The van der Waals surface area contributed by atoms with Crippen LogP contribution in [0.25, 0.3) is 0 Å². The second-order valence-electron chi connectivity index (χ2n) is 3.86. The van der Waals surface area contributed by atoms with Gasteiger partial charge in [-0.3, -0.25) is 4.79 Å². The number of rotatable bonds is 6. The molecule has 0 aliphatic rings. The van der Waals surface area contributed by atoms with Gasteiger partial charge in [0.2, 0.25) is 0 Å². The third kappa shape index (κ3) is 4.02. The van der Waals surface area contributed by atoms with Crippen LogP contribution in [0.3, 0.4) is 0 Å². The predicted molar refractivity (Wildman–Crippen MR) is 71.3 cm³/mol. The first-order chi connectivity index (χ1) is 8.20. The second-order valence-corrected chi connectivity index (χ2v) is 4.27. The lowest BCUT2D eigenvalue weighted by atomic mass is 10.2. The molecule has 94 valence electrons. The Labute approximate surface area is 108 Å².